The number of rotatable bonds is 9. The number of aryl methyl sites for hydroxylation is 6. The average molecular weight is 858 g/mol. The first-order chi connectivity index (χ1) is 29.1. The predicted molar refractivity (Wildman–Crippen MR) is 223 cm³/mol. The van der Waals surface area contributed by atoms with E-state index in [0.29, 0.717) is 45.0 Å². The van der Waals surface area contributed by atoms with Crippen molar-refractivity contribution in [3.8, 4) is 33.4 Å². The molecule has 0 spiro atoms. The number of carboxylic acids is 3. The number of H-pyrrole nitrogens is 3. The highest BCUT2D eigenvalue weighted by molar-refractivity contribution is 5.92. The Bertz CT molecular complexity index is 2900. The van der Waals surface area contributed by atoms with E-state index in [4.69, 9.17) is 14.9 Å². The Balaban J connectivity index is 0.000000205. The van der Waals surface area contributed by atoms with E-state index in [1.54, 1.807) is 34.6 Å². The van der Waals surface area contributed by atoms with Crippen molar-refractivity contribution in [2.24, 2.45) is 0 Å². The number of aliphatic hydroxyl groups is 1. The second-order valence-electron chi connectivity index (χ2n) is 14.0. The van der Waals surface area contributed by atoms with Crippen LogP contribution in [0.3, 0.4) is 0 Å². The number of pyridine rings is 3. The molecular weight excluding hydrogens is 815 g/mol. The van der Waals surface area contributed by atoms with Crippen LogP contribution in [0.4, 0.5) is 13.2 Å². The summed E-state index contributed by atoms with van der Waals surface area (Å²) in [4.78, 5) is 79.6. The monoisotopic (exact) mass is 857 g/mol. The van der Waals surface area contributed by atoms with Gasteiger partial charge in [0, 0.05) is 52.3 Å². The predicted octanol–water partition coefficient (Wildman–Crippen LogP) is 7.13. The van der Waals surface area contributed by atoms with Gasteiger partial charge in [0.15, 0.2) is 0 Å². The molecule has 3 aromatic carbocycles. The SMILES string of the molecule is COCc1[nH]c(C)c(-c2ccc(F)cc2)c(=O)c1C(=O)O.Cc1[nH]c(C)c(-c2ccc(F)cc2CO)c(=O)c1C(=O)O.Cc1cc(F)ccc1-c1c(C)[nH]c(C)c(C(=O)O)c1=O. The van der Waals surface area contributed by atoms with E-state index in [-0.39, 0.29) is 56.9 Å². The maximum absolute atomic E-state index is 13.2. The van der Waals surface area contributed by atoms with Gasteiger partial charge in [0.25, 0.3) is 0 Å². The molecule has 7 N–H and O–H groups in total. The number of carboxylic acid groups (broad SMARTS) is 3. The first-order valence-corrected chi connectivity index (χ1v) is 18.5. The maximum Gasteiger partial charge on any atom is 0.341 e. The lowest BCUT2D eigenvalue weighted by Gasteiger charge is -2.12. The van der Waals surface area contributed by atoms with Gasteiger partial charge in [-0.15, -0.1) is 0 Å². The number of methoxy groups -OCH3 is 1. The van der Waals surface area contributed by atoms with Crippen LogP contribution in [0.15, 0.2) is 75.0 Å². The molecule has 0 aliphatic carbocycles. The smallest absolute Gasteiger partial charge is 0.341 e. The van der Waals surface area contributed by atoms with Crippen LogP contribution in [-0.4, -0.2) is 60.4 Å². The Hall–Kier alpha value is -7.37. The fourth-order valence-corrected chi connectivity index (χ4v) is 6.98. The topological polar surface area (TPSA) is 240 Å². The number of halogens is 3. The molecule has 0 atom stereocenters. The fraction of sp³-hybridized carbons (Fsp3) is 0.200. The molecule has 14 nitrogen and oxygen atoms in total. The van der Waals surface area contributed by atoms with Crippen molar-refractivity contribution in [1.82, 2.24) is 15.0 Å². The van der Waals surface area contributed by atoms with Crippen LogP contribution in [0.5, 0.6) is 0 Å². The van der Waals surface area contributed by atoms with Crippen LogP contribution in [0, 0.1) is 59.0 Å². The molecule has 0 aliphatic rings. The molecular formula is C45H42F3N3O11. The first kappa shape index (κ1) is 47.3. The van der Waals surface area contributed by atoms with Gasteiger partial charge in [0.05, 0.1) is 18.9 Å². The van der Waals surface area contributed by atoms with Crippen molar-refractivity contribution in [3.05, 3.63) is 171 Å². The minimum atomic E-state index is -1.33. The molecule has 0 aliphatic heterocycles. The number of aromatic amines is 3. The number of benzene rings is 3. The summed E-state index contributed by atoms with van der Waals surface area (Å²) in [6.45, 7) is 9.22. The van der Waals surface area contributed by atoms with E-state index in [0.717, 1.165) is 12.1 Å². The van der Waals surface area contributed by atoms with Gasteiger partial charge in [-0.05, 0) is 106 Å². The van der Waals surface area contributed by atoms with E-state index < -0.39 is 58.3 Å². The molecule has 3 aromatic heterocycles. The summed E-state index contributed by atoms with van der Waals surface area (Å²) in [7, 11) is 1.41. The third-order valence-corrected chi connectivity index (χ3v) is 9.66. The third-order valence-electron chi connectivity index (χ3n) is 9.66. The number of aliphatic hydroxyl groups excluding tert-OH is 1. The minimum absolute atomic E-state index is 0.0125. The summed E-state index contributed by atoms with van der Waals surface area (Å²) in [5.41, 5.74) is 2.20. The van der Waals surface area contributed by atoms with Crippen molar-refractivity contribution < 1.29 is 52.7 Å². The molecule has 0 radical (unpaired) electrons. The minimum Gasteiger partial charge on any atom is -0.477 e. The Kier molecular flexibility index (Phi) is 15.1. The number of ether oxygens (including phenoxy) is 1. The lowest BCUT2D eigenvalue weighted by atomic mass is 9.96. The van der Waals surface area contributed by atoms with Crippen molar-refractivity contribution in [2.75, 3.05) is 7.11 Å². The number of hydrogen-bond acceptors (Lipinski definition) is 8. The number of carbonyl (C=O) groups is 3. The Morgan fingerprint density at radius 3 is 1.42 bits per heavy atom. The lowest BCUT2D eigenvalue weighted by molar-refractivity contribution is 0.0680. The van der Waals surface area contributed by atoms with E-state index in [1.165, 1.54) is 62.6 Å². The van der Waals surface area contributed by atoms with Crippen LogP contribution in [0.1, 0.15) is 76.4 Å². The van der Waals surface area contributed by atoms with E-state index in [1.807, 2.05) is 0 Å². The van der Waals surface area contributed by atoms with Gasteiger partial charge in [0.2, 0.25) is 16.3 Å². The van der Waals surface area contributed by atoms with Crippen LogP contribution in [0.2, 0.25) is 0 Å². The molecule has 0 saturated carbocycles. The van der Waals surface area contributed by atoms with Crippen molar-refractivity contribution in [1.29, 1.82) is 0 Å². The molecule has 62 heavy (non-hydrogen) atoms. The summed E-state index contributed by atoms with van der Waals surface area (Å²) < 4.78 is 44.3. The second kappa shape index (κ2) is 19.8. The van der Waals surface area contributed by atoms with Crippen LogP contribution < -0.4 is 16.3 Å². The summed E-state index contributed by atoms with van der Waals surface area (Å²) in [6.07, 6.45) is 0. The highest BCUT2D eigenvalue weighted by atomic mass is 19.1. The van der Waals surface area contributed by atoms with Crippen LogP contribution in [-0.2, 0) is 18.0 Å². The summed E-state index contributed by atoms with van der Waals surface area (Å²) in [5, 5.41) is 36.9. The molecule has 324 valence electrons. The quantitative estimate of drug-likeness (QED) is 0.0772. The lowest BCUT2D eigenvalue weighted by Crippen LogP contribution is -2.23. The molecule has 0 unspecified atom stereocenters. The molecule has 0 saturated heterocycles. The first-order valence-electron chi connectivity index (χ1n) is 18.5. The average Bonchev–Trinajstić information content (AvgIpc) is 3.16. The van der Waals surface area contributed by atoms with Crippen LogP contribution >= 0.6 is 0 Å². The van der Waals surface area contributed by atoms with Gasteiger partial charge >= 0.3 is 17.9 Å². The Morgan fingerprint density at radius 1 is 0.548 bits per heavy atom. The molecule has 6 aromatic rings. The van der Waals surface area contributed by atoms with Crippen molar-refractivity contribution >= 4 is 17.9 Å². The summed E-state index contributed by atoms with van der Waals surface area (Å²) in [5.74, 6) is -5.30. The number of aromatic carboxylic acids is 3. The maximum atomic E-state index is 13.2. The highest BCUT2D eigenvalue weighted by Gasteiger charge is 2.23. The molecule has 17 heteroatoms. The van der Waals surface area contributed by atoms with Crippen LogP contribution in [0.25, 0.3) is 33.4 Å². The zero-order valence-electron chi connectivity index (χ0n) is 34.5. The van der Waals surface area contributed by atoms with Gasteiger partial charge in [-0.25, -0.2) is 27.6 Å². The van der Waals surface area contributed by atoms with Gasteiger partial charge in [-0.3, -0.25) is 14.4 Å². The molecule has 0 amide bonds. The summed E-state index contributed by atoms with van der Waals surface area (Å²) >= 11 is 0. The zero-order valence-corrected chi connectivity index (χ0v) is 34.5. The van der Waals surface area contributed by atoms with E-state index in [2.05, 4.69) is 15.0 Å². The fourth-order valence-electron chi connectivity index (χ4n) is 6.98. The molecule has 3 heterocycles. The number of hydrogen-bond donors (Lipinski definition) is 7. The van der Waals surface area contributed by atoms with Gasteiger partial charge < -0.3 is 40.1 Å². The normalized spacial score (nSPS) is 10.6. The standard InChI is InChI=1S/2C15H14FNO4.C15H14FNO3/c1-8-12(9-3-5-10(16)6-4-9)14(18)13(15(19)20)11(17-8)7-21-2;1-7-12(11-4-3-10(16)5-9(11)6-18)14(19)13(15(20)21)8(2)17-7;1-7-6-10(16)4-5-11(7)12-8(2)17-9(3)13(14(12)18)15(19)20/h3-6H,7H2,1-2H3,(H,17,18)(H,19,20);3-5,18H,6H2,1-2H3,(H,17,19)(H,20,21);4-6H,1-3H3,(H,17,18)(H,19,20). The van der Waals surface area contributed by atoms with Gasteiger partial charge in [0.1, 0.15) is 34.1 Å². The second-order valence-corrected chi connectivity index (χ2v) is 14.0. The Morgan fingerprint density at radius 2 is 0.968 bits per heavy atom. The van der Waals surface area contributed by atoms with Crippen molar-refractivity contribution in [2.45, 2.75) is 54.8 Å². The zero-order chi connectivity index (χ0) is 46.3. The van der Waals surface area contributed by atoms with E-state index in [9.17, 15) is 52.2 Å². The Labute approximate surface area is 351 Å². The molecule has 0 fully saturated rings. The third kappa shape index (κ3) is 10.1. The van der Waals surface area contributed by atoms with Gasteiger partial charge in [-0.2, -0.15) is 0 Å². The molecule has 0 bridgehead atoms. The number of nitrogens with one attached hydrogen (secondary N) is 3. The van der Waals surface area contributed by atoms with Gasteiger partial charge in [-0.1, -0.05) is 24.3 Å². The number of aromatic nitrogens is 3. The summed E-state index contributed by atoms with van der Waals surface area (Å²) in [6, 6.07) is 13.0. The van der Waals surface area contributed by atoms with E-state index >= 15 is 0 Å². The highest BCUT2D eigenvalue weighted by Crippen LogP contribution is 2.27. The largest absolute Gasteiger partial charge is 0.477 e. The van der Waals surface area contributed by atoms with Crippen molar-refractivity contribution in [3.63, 3.8) is 0 Å². The molecule has 6 rings (SSSR count).